The molecule has 1 aliphatic heterocycles. The number of urea groups is 1. The van der Waals surface area contributed by atoms with Crippen molar-refractivity contribution in [3.05, 3.63) is 77.5 Å². The number of hydrogen-bond acceptors (Lipinski definition) is 5. The Morgan fingerprint density at radius 3 is 2.31 bits per heavy atom. The van der Waals surface area contributed by atoms with Gasteiger partial charge in [0, 0.05) is 18.4 Å². The van der Waals surface area contributed by atoms with Gasteiger partial charge in [0.1, 0.15) is 17.1 Å². The van der Waals surface area contributed by atoms with Crippen molar-refractivity contribution in [2.45, 2.75) is 59.0 Å². The molecule has 1 aromatic heterocycles. The topological polar surface area (TPSA) is 74.8 Å². The number of anilines is 3. The summed E-state index contributed by atoms with van der Waals surface area (Å²) in [6.45, 7) is 12.3. The third kappa shape index (κ3) is 4.78. The van der Waals surface area contributed by atoms with E-state index in [2.05, 4.69) is 31.1 Å². The number of imide groups is 1. The normalized spacial score (nSPS) is 15.4. The first-order chi connectivity index (χ1) is 16.9. The lowest BCUT2D eigenvalue weighted by molar-refractivity contribution is -0.123. The smallest absolute Gasteiger partial charge is 0.332 e. The van der Waals surface area contributed by atoms with Crippen LogP contribution in [0.3, 0.4) is 0 Å². The highest BCUT2D eigenvalue weighted by Crippen LogP contribution is 2.35. The van der Waals surface area contributed by atoms with Gasteiger partial charge in [0.25, 0.3) is 5.91 Å². The van der Waals surface area contributed by atoms with Crippen molar-refractivity contribution in [2.75, 3.05) is 17.3 Å². The number of aromatic nitrogens is 1. The molecule has 1 saturated heterocycles. The summed E-state index contributed by atoms with van der Waals surface area (Å²) in [5, 5.41) is 3.33. The van der Waals surface area contributed by atoms with Crippen molar-refractivity contribution in [3.8, 4) is 5.75 Å². The average Bonchev–Trinajstić information content (AvgIpc) is 2.99. The summed E-state index contributed by atoms with van der Waals surface area (Å²) in [4.78, 5) is 34.2. The van der Waals surface area contributed by atoms with Crippen molar-refractivity contribution >= 4 is 29.1 Å². The minimum absolute atomic E-state index is 0.0136. The first-order valence-electron chi connectivity index (χ1n) is 12.0. The molecule has 2 aromatic carbocycles. The van der Waals surface area contributed by atoms with E-state index in [9.17, 15) is 9.59 Å². The molecule has 36 heavy (non-hydrogen) atoms. The number of pyridine rings is 1. The molecule has 0 spiro atoms. The van der Waals surface area contributed by atoms with Gasteiger partial charge in [0.2, 0.25) is 0 Å². The molecule has 3 amide bonds. The van der Waals surface area contributed by atoms with Crippen LogP contribution in [-0.2, 0) is 16.8 Å². The van der Waals surface area contributed by atoms with Gasteiger partial charge >= 0.3 is 6.03 Å². The maximum absolute atomic E-state index is 13.5. The molecule has 7 heteroatoms. The van der Waals surface area contributed by atoms with Crippen LogP contribution in [0.25, 0.3) is 0 Å². The van der Waals surface area contributed by atoms with E-state index in [4.69, 9.17) is 4.74 Å². The molecular formula is C29H34N4O3. The minimum atomic E-state index is -0.983. The van der Waals surface area contributed by atoms with Gasteiger partial charge in [-0.05, 0) is 85.3 Å². The predicted octanol–water partition coefficient (Wildman–Crippen LogP) is 6.19. The zero-order valence-corrected chi connectivity index (χ0v) is 22.0. The third-order valence-electron chi connectivity index (χ3n) is 6.68. The summed E-state index contributed by atoms with van der Waals surface area (Å²) in [6.07, 6.45) is 1.70. The Hall–Kier alpha value is -3.87. The molecule has 1 N–H and O–H groups in total. The van der Waals surface area contributed by atoms with Crippen molar-refractivity contribution in [2.24, 2.45) is 0 Å². The van der Waals surface area contributed by atoms with E-state index in [0.717, 1.165) is 28.1 Å². The number of nitrogens with one attached hydrogen (secondary N) is 1. The highest BCUT2D eigenvalue weighted by molar-refractivity contribution is 6.22. The number of benzene rings is 2. The number of amides is 3. The summed E-state index contributed by atoms with van der Waals surface area (Å²) in [6, 6.07) is 16.9. The van der Waals surface area contributed by atoms with Crippen LogP contribution in [0.2, 0.25) is 0 Å². The number of carbonyl (C=O) groups excluding carboxylic acids is 2. The Morgan fingerprint density at radius 1 is 1.00 bits per heavy atom. The lowest BCUT2D eigenvalue weighted by Gasteiger charge is -2.27. The van der Waals surface area contributed by atoms with Gasteiger partial charge in [-0.15, -0.1) is 0 Å². The van der Waals surface area contributed by atoms with E-state index >= 15 is 0 Å². The molecular weight excluding hydrogens is 452 g/mol. The quantitative estimate of drug-likeness (QED) is 0.421. The summed E-state index contributed by atoms with van der Waals surface area (Å²) in [5.74, 6) is 1.21. The number of carbonyl (C=O) groups is 2. The lowest BCUT2D eigenvalue weighted by atomic mass is 9.87. The molecule has 1 aliphatic rings. The summed E-state index contributed by atoms with van der Waals surface area (Å²) in [7, 11) is 1.64. The molecule has 188 valence electrons. The van der Waals surface area contributed by atoms with E-state index in [0.29, 0.717) is 11.5 Å². The molecule has 7 nitrogen and oxygen atoms in total. The molecule has 0 bridgehead atoms. The van der Waals surface area contributed by atoms with Crippen LogP contribution in [0, 0.1) is 6.92 Å². The Bertz CT molecular complexity index is 1290. The molecule has 0 radical (unpaired) electrons. The van der Waals surface area contributed by atoms with Gasteiger partial charge in [-0.1, -0.05) is 32.9 Å². The molecule has 1 fully saturated rings. The molecule has 0 saturated carbocycles. The summed E-state index contributed by atoms with van der Waals surface area (Å²) in [5.41, 5.74) is 3.54. The van der Waals surface area contributed by atoms with E-state index < -0.39 is 5.54 Å². The number of aryl methyl sites for hydroxylation is 1. The van der Waals surface area contributed by atoms with Crippen LogP contribution in [0.15, 0.2) is 60.8 Å². The number of hydrogen-bond donors (Lipinski definition) is 1. The fraction of sp³-hybridized carbons (Fsp3) is 0.345. The van der Waals surface area contributed by atoms with Crippen molar-refractivity contribution in [1.29, 1.82) is 0 Å². The van der Waals surface area contributed by atoms with Gasteiger partial charge < -0.3 is 15.0 Å². The van der Waals surface area contributed by atoms with E-state index in [-0.39, 0.29) is 23.9 Å². The second kappa shape index (κ2) is 9.30. The fourth-order valence-corrected chi connectivity index (χ4v) is 4.30. The number of methoxy groups -OCH3 is 1. The van der Waals surface area contributed by atoms with E-state index in [1.807, 2.05) is 61.5 Å². The fourth-order valence-electron chi connectivity index (χ4n) is 4.30. The molecule has 0 unspecified atom stereocenters. The summed E-state index contributed by atoms with van der Waals surface area (Å²) < 4.78 is 5.28. The zero-order chi connectivity index (χ0) is 26.3. The second-order valence-electron chi connectivity index (χ2n) is 10.7. The van der Waals surface area contributed by atoms with E-state index in [1.165, 1.54) is 4.90 Å². The highest BCUT2D eigenvalue weighted by atomic mass is 16.5. The van der Waals surface area contributed by atoms with Gasteiger partial charge in [-0.2, -0.15) is 0 Å². The average molecular weight is 487 g/mol. The van der Waals surface area contributed by atoms with Crippen LogP contribution in [0.1, 0.15) is 51.3 Å². The minimum Gasteiger partial charge on any atom is -0.497 e. The molecule has 2 heterocycles. The molecule has 4 rings (SSSR count). The van der Waals surface area contributed by atoms with Crippen molar-refractivity contribution in [3.63, 3.8) is 0 Å². The van der Waals surface area contributed by atoms with Gasteiger partial charge in [0.15, 0.2) is 0 Å². The molecule has 3 aromatic rings. The largest absolute Gasteiger partial charge is 0.497 e. The van der Waals surface area contributed by atoms with Crippen LogP contribution >= 0.6 is 0 Å². The first kappa shape index (κ1) is 25.2. The lowest BCUT2D eigenvalue weighted by Crippen LogP contribution is -2.43. The Morgan fingerprint density at radius 2 is 1.69 bits per heavy atom. The van der Waals surface area contributed by atoms with Crippen LogP contribution in [0.4, 0.5) is 22.0 Å². The zero-order valence-electron chi connectivity index (χ0n) is 22.0. The third-order valence-corrected chi connectivity index (χ3v) is 6.68. The van der Waals surface area contributed by atoms with Crippen molar-refractivity contribution < 1.29 is 14.3 Å². The number of rotatable bonds is 6. The van der Waals surface area contributed by atoms with Crippen LogP contribution in [0.5, 0.6) is 5.75 Å². The summed E-state index contributed by atoms with van der Waals surface area (Å²) >= 11 is 0. The Labute approximate surface area is 213 Å². The van der Waals surface area contributed by atoms with Gasteiger partial charge in [-0.25, -0.2) is 14.7 Å². The van der Waals surface area contributed by atoms with E-state index in [1.54, 1.807) is 32.1 Å². The second-order valence-corrected chi connectivity index (χ2v) is 10.7. The highest BCUT2D eigenvalue weighted by Gasteiger charge is 2.51. The molecule has 0 aliphatic carbocycles. The monoisotopic (exact) mass is 486 g/mol. The number of nitrogens with zero attached hydrogens (tertiary/aromatic N) is 3. The standard InChI is InChI=1S/C29H34N4O3/c1-19-16-23(36-7)12-13-24(19)31-25-17-20(14-15-30-25)18-32-27(35)33(26(34)29(32,5)6)22-10-8-21(9-11-22)28(2,3)4/h8-17H,18H2,1-7H3,(H,30,31). The Balaban J connectivity index is 1.56. The molecule has 0 atom stereocenters. The SMILES string of the molecule is COc1ccc(Nc2cc(CN3C(=O)N(c4ccc(C(C)(C)C)cc4)C(=O)C3(C)C)ccn2)c(C)c1. The Kier molecular flexibility index (Phi) is 6.52. The van der Waals surface area contributed by atoms with Gasteiger partial charge in [0.05, 0.1) is 12.8 Å². The number of ether oxygens (including phenoxy) is 1. The van der Waals surface area contributed by atoms with Gasteiger partial charge in [-0.3, -0.25) is 4.79 Å². The maximum atomic E-state index is 13.5. The van der Waals surface area contributed by atoms with Crippen LogP contribution < -0.4 is 15.0 Å². The van der Waals surface area contributed by atoms with Crippen molar-refractivity contribution in [1.82, 2.24) is 9.88 Å². The first-order valence-corrected chi connectivity index (χ1v) is 12.0. The van der Waals surface area contributed by atoms with Crippen LogP contribution in [-0.4, -0.2) is 34.5 Å². The predicted molar refractivity (Wildman–Crippen MR) is 143 cm³/mol. The maximum Gasteiger partial charge on any atom is 0.332 e.